The predicted molar refractivity (Wildman–Crippen MR) is 102 cm³/mol. The number of carbonyl (C=O) groups excluding carboxylic acids is 1. The third kappa shape index (κ3) is 4.04. The van der Waals surface area contributed by atoms with Gasteiger partial charge in [0.05, 0.1) is 30.5 Å². The third-order valence-electron chi connectivity index (χ3n) is 4.23. The van der Waals surface area contributed by atoms with Crippen LogP contribution in [0.1, 0.15) is 12.5 Å². The van der Waals surface area contributed by atoms with E-state index in [4.69, 9.17) is 10.00 Å². The van der Waals surface area contributed by atoms with Gasteiger partial charge in [-0.15, -0.1) is 0 Å². The number of hydrogen-bond acceptors (Lipinski definition) is 5. The molecule has 1 amide bonds. The fourth-order valence-corrected chi connectivity index (χ4v) is 3.90. The normalized spacial score (nSPS) is 16.0. The zero-order valence-corrected chi connectivity index (χ0v) is 15.6. The number of fused-ring (bicyclic) bond motifs is 1. The number of rotatable bonds is 5. The van der Waals surface area contributed by atoms with Gasteiger partial charge >= 0.3 is 0 Å². The van der Waals surface area contributed by atoms with Gasteiger partial charge in [-0.25, -0.2) is 8.42 Å². The monoisotopic (exact) mass is 385 g/mol. The minimum Gasteiger partial charge on any atom is -0.476 e. The predicted octanol–water partition coefficient (Wildman–Crippen LogP) is 2.31. The van der Waals surface area contributed by atoms with E-state index in [2.05, 4.69) is 11.4 Å². The van der Waals surface area contributed by atoms with Gasteiger partial charge in [-0.1, -0.05) is 24.3 Å². The molecular weight excluding hydrogens is 366 g/mol. The fraction of sp³-hybridized carbons (Fsp3) is 0.263. The Bertz CT molecular complexity index is 981. The molecule has 7 nitrogen and oxygen atoms in total. The van der Waals surface area contributed by atoms with Gasteiger partial charge in [-0.2, -0.15) is 5.26 Å². The highest BCUT2D eigenvalue weighted by molar-refractivity contribution is 7.92. The molecule has 0 aromatic heterocycles. The highest BCUT2D eigenvalue weighted by Crippen LogP contribution is 2.35. The molecule has 0 spiro atoms. The Kier molecular flexibility index (Phi) is 5.33. The van der Waals surface area contributed by atoms with Crippen molar-refractivity contribution in [3.63, 3.8) is 0 Å². The summed E-state index contributed by atoms with van der Waals surface area (Å²) in [5, 5.41) is 11.4. The number of nitrogens with zero attached hydrogens (tertiary/aromatic N) is 2. The molecule has 0 fully saturated rings. The molecule has 0 saturated heterocycles. The van der Waals surface area contributed by atoms with Crippen molar-refractivity contribution in [2.45, 2.75) is 19.4 Å². The molecule has 1 atom stereocenters. The lowest BCUT2D eigenvalue weighted by molar-refractivity contribution is -0.122. The van der Waals surface area contributed by atoms with Gasteiger partial charge < -0.3 is 10.1 Å². The number of nitrogens with one attached hydrogen (secondary N) is 1. The number of sulfonamides is 1. The minimum absolute atomic E-state index is 0.0734. The van der Waals surface area contributed by atoms with Crippen LogP contribution in [0.25, 0.3) is 0 Å². The number of para-hydroxylation sites is 2. The van der Waals surface area contributed by atoms with Crippen LogP contribution in [0.4, 0.5) is 11.4 Å². The summed E-state index contributed by atoms with van der Waals surface area (Å²) in [6.45, 7) is 1.47. The second-order valence-electron chi connectivity index (χ2n) is 6.03. The van der Waals surface area contributed by atoms with Crippen molar-refractivity contribution in [1.82, 2.24) is 0 Å². The Labute approximate surface area is 158 Å². The first-order chi connectivity index (χ1) is 12.9. The molecule has 1 aliphatic heterocycles. The Morgan fingerprint density at radius 3 is 2.63 bits per heavy atom. The average molecular weight is 385 g/mol. The first-order valence-electron chi connectivity index (χ1n) is 8.47. The van der Waals surface area contributed by atoms with E-state index in [9.17, 15) is 13.2 Å². The van der Waals surface area contributed by atoms with Crippen molar-refractivity contribution in [2.24, 2.45) is 0 Å². The number of benzene rings is 2. The van der Waals surface area contributed by atoms with Crippen LogP contribution in [0.15, 0.2) is 48.5 Å². The quantitative estimate of drug-likeness (QED) is 0.851. The van der Waals surface area contributed by atoms with Gasteiger partial charge in [0.15, 0.2) is 6.10 Å². The van der Waals surface area contributed by atoms with Crippen molar-refractivity contribution < 1.29 is 17.9 Å². The average Bonchev–Trinajstić information content (AvgIpc) is 2.68. The van der Waals surface area contributed by atoms with Crippen molar-refractivity contribution in [2.75, 3.05) is 21.9 Å². The maximum atomic E-state index is 12.6. The van der Waals surface area contributed by atoms with E-state index < -0.39 is 22.0 Å². The Morgan fingerprint density at radius 1 is 1.26 bits per heavy atom. The van der Waals surface area contributed by atoms with E-state index in [1.807, 2.05) is 0 Å². The Morgan fingerprint density at radius 2 is 1.96 bits per heavy atom. The van der Waals surface area contributed by atoms with Crippen LogP contribution in [0, 0.1) is 11.3 Å². The van der Waals surface area contributed by atoms with E-state index in [0.29, 0.717) is 23.5 Å². The molecule has 0 radical (unpaired) electrons. The summed E-state index contributed by atoms with van der Waals surface area (Å²) in [4.78, 5) is 12.6. The van der Waals surface area contributed by atoms with Crippen molar-refractivity contribution in [3.05, 3.63) is 54.1 Å². The molecule has 1 N–H and O–H groups in total. The molecule has 27 heavy (non-hydrogen) atoms. The third-order valence-corrected chi connectivity index (χ3v) is 5.98. The van der Waals surface area contributed by atoms with Crippen molar-refractivity contribution in [3.8, 4) is 11.8 Å². The zero-order valence-electron chi connectivity index (χ0n) is 14.8. The summed E-state index contributed by atoms with van der Waals surface area (Å²) < 4.78 is 31.9. The summed E-state index contributed by atoms with van der Waals surface area (Å²) in [5.74, 6) is -0.158. The minimum atomic E-state index is -3.54. The molecule has 1 heterocycles. The molecule has 0 saturated carbocycles. The van der Waals surface area contributed by atoms with Gasteiger partial charge in [-0.05, 0) is 36.8 Å². The lowest BCUT2D eigenvalue weighted by Crippen LogP contribution is -2.49. The van der Waals surface area contributed by atoms with E-state index >= 15 is 0 Å². The van der Waals surface area contributed by atoms with Gasteiger partial charge in [0.25, 0.3) is 5.91 Å². The second kappa shape index (κ2) is 7.68. The zero-order chi connectivity index (χ0) is 19.4. The number of carbonyl (C=O) groups is 1. The summed E-state index contributed by atoms with van der Waals surface area (Å²) in [5.41, 5.74) is 1.83. The first kappa shape index (κ1) is 18.7. The SMILES string of the molecule is CCS(=O)(=O)N1C[C@H](C(=O)Nc2ccc(CC#N)cc2)Oc2ccccc21. The lowest BCUT2D eigenvalue weighted by atomic mass is 10.1. The highest BCUT2D eigenvalue weighted by Gasteiger charge is 2.35. The van der Waals surface area contributed by atoms with Crippen molar-refractivity contribution in [1.29, 1.82) is 5.26 Å². The summed E-state index contributed by atoms with van der Waals surface area (Å²) in [6, 6.07) is 15.7. The second-order valence-corrected chi connectivity index (χ2v) is 8.21. The maximum Gasteiger partial charge on any atom is 0.267 e. The topological polar surface area (TPSA) is 99.5 Å². The largest absolute Gasteiger partial charge is 0.476 e. The molecule has 0 bridgehead atoms. The molecule has 0 aliphatic carbocycles. The van der Waals surface area contributed by atoms with Gasteiger partial charge in [0.2, 0.25) is 10.0 Å². The van der Waals surface area contributed by atoms with Gasteiger partial charge in [-0.3, -0.25) is 9.10 Å². The molecule has 0 unspecified atom stereocenters. The van der Waals surface area contributed by atoms with Crippen LogP contribution in [0.5, 0.6) is 5.75 Å². The molecule has 140 valence electrons. The standard InChI is InChI=1S/C19H19N3O4S/c1-2-27(24,25)22-13-18(26-17-6-4-3-5-16(17)22)19(23)21-15-9-7-14(8-10-15)11-12-20/h3-10,18H,2,11,13H2,1H3,(H,21,23)/t18-/m1/s1. The number of ether oxygens (including phenoxy) is 1. The van der Waals surface area contributed by atoms with Crippen LogP contribution < -0.4 is 14.4 Å². The van der Waals surface area contributed by atoms with Crippen LogP contribution in [-0.2, 0) is 21.2 Å². The lowest BCUT2D eigenvalue weighted by Gasteiger charge is -2.34. The molecule has 2 aromatic rings. The summed E-state index contributed by atoms with van der Waals surface area (Å²) in [7, 11) is -3.54. The number of nitriles is 1. The van der Waals surface area contributed by atoms with Gasteiger partial charge in [0, 0.05) is 5.69 Å². The number of anilines is 2. The summed E-state index contributed by atoms with van der Waals surface area (Å²) >= 11 is 0. The Balaban J connectivity index is 1.81. The van der Waals surface area contributed by atoms with Crippen LogP contribution in [-0.4, -0.2) is 32.7 Å². The number of hydrogen-bond donors (Lipinski definition) is 1. The smallest absolute Gasteiger partial charge is 0.267 e. The first-order valence-corrected chi connectivity index (χ1v) is 10.1. The van der Waals surface area contributed by atoms with Crippen LogP contribution in [0.3, 0.4) is 0 Å². The molecule has 1 aliphatic rings. The van der Waals surface area contributed by atoms with E-state index in [1.54, 1.807) is 55.5 Å². The van der Waals surface area contributed by atoms with Crippen molar-refractivity contribution >= 4 is 27.3 Å². The molecule has 8 heteroatoms. The molecule has 3 rings (SSSR count). The summed E-state index contributed by atoms with van der Waals surface area (Å²) in [6.07, 6.45) is -0.680. The van der Waals surface area contributed by atoms with E-state index in [-0.39, 0.29) is 12.3 Å². The molecule has 2 aromatic carbocycles. The maximum absolute atomic E-state index is 12.6. The Hall–Kier alpha value is -3.05. The molecular formula is C19H19N3O4S. The fourth-order valence-electron chi connectivity index (χ4n) is 2.78. The van der Waals surface area contributed by atoms with E-state index in [1.165, 1.54) is 4.31 Å². The highest BCUT2D eigenvalue weighted by atomic mass is 32.2. The van der Waals surface area contributed by atoms with Crippen LogP contribution >= 0.6 is 0 Å². The van der Waals surface area contributed by atoms with Gasteiger partial charge in [0.1, 0.15) is 5.75 Å². The van der Waals surface area contributed by atoms with E-state index in [0.717, 1.165) is 5.56 Å². The van der Waals surface area contributed by atoms with Crippen LogP contribution in [0.2, 0.25) is 0 Å². The number of amides is 1.